The maximum Gasteiger partial charge on any atom is 0.265 e. The summed E-state index contributed by atoms with van der Waals surface area (Å²) in [4.78, 5) is 13.3. The molecule has 0 atom stereocenters. The molecule has 3 aromatic rings. The molecule has 4 rings (SSSR count). The number of hydrogen-bond donors (Lipinski definition) is 1. The minimum absolute atomic E-state index is 0.290. The van der Waals surface area contributed by atoms with Gasteiger partial charge in [-0.25, -0.2) is 9.78 Å². The van der Waals surface area contributed by atoms with E-state index in [9.17, 15) is 13.0 Å². The Bertz CT molecular complexity index is 1460. The normalized spacial score (nSPS) is 15.0. The van der Waals surface area contributed by atoms with E-state index in [4.69, 9.17) is 14.5 Å². The van der Waals surface area contributed by atoms with E-state index in [-0.39, 0.29) is 5.75 Å². The first kappa shape index (κ1) is 28.6. The van der Waals surface area contributed by atoms with Crippen LogP contribution in [0.25, 0.3) is 16.3 Å². The molecule has 1 N–H and O–H groups in total. The number of methoxy groups -OCH3 is 1. The third-order valence-electron chi connectivity index (χ3n) is 6.20. The molecule has 204 valence electrons. The van der Waals surface area contributed by atoms with Gasteiger partial charge in [0.05, 0.1) is 30.7 Å². The summed E-state index contributed by atoms with van der Waals surface area (Å²) in [6.45, 7) is 5.86. The van der Waals surface area contributed by atoms with E-state index in [2.05, 4.69) is 47.6 Å². The summed E-state index contributed by atoms with van der Waals surface area (Å²) < 4.78 is 40.7. The lowest BCUT2D eigenvalue weighted by Crippen LogP contribution is -2.36. The van der Waals surface area contributed by atoms with Crippen molar-refractivity contribution in [1.29, 1.82) is 0 Å². The van der Waals surface area contributed by atoms with E-state index in [1.807, 2.05) is 24.3 Å². The Labute approximate surface area is 232 Å². The first-order chi connectivity index (χ1) is 18.3. The third kappa shape index (κ3) is 6.77. The van der Waals surface area contributed by atoms with Crippen molar-refractivity contribution in [2.45, 2.75) is 44.7 Å². The average Bonchev–Trinajstić information content (AvgIpc) is 3.42. The van der Waals surface area contributed by atoms with E-state index >= 15 is 0 Å². The van der Waals surface area contributed by atoms with Crippen molar-refractivity contribution in [1.82, 2.24) is 0 Å². The van der Waals surface area contributed by atoms with Crippen LogP contribution in [0.1, 0.15) is 37.3 Å². The van der Waals surface area contributed by atoms with Gasteiger partial charge in [0.2, 0.25) is 5.52 Å². The largest absolute Gasteiger partial charge is 0.497 e. The van der Waals surface area contributed by atoms with Crippen LogP contribution in [0.5, 0.6) is 5.75 Å². The lowest BCUT2D eigenvalue weighted by Gasteiger charge is -2.18. The molecule has 0 spiro atoms. The Balaban J connectivity index is 1.72. The molecule has 1 aromatic heterocycles. The molecule has 0 fully saturated rings. The van der Waals surface area contributed by atoms with Gasteiger partial charge >= 0.3 is 0 Å². The predicted octanol–water partition coefficient (Wildman–Crippen LogP) is 5.82. The zero-order chi connectivity index (χ0) is 27.3. The lowest BCUT2D eigenvalue weighted by atomic mass is 10.2. The Kier molecular flexibility index (Phi) is 9.50. The van der Waals surface area contributed by atoms with Crippen molar-refractivity contribution in [2.75, 3.05) is 31.4 Å². The summed E-state index contributed by atoms with van der Waals surface area (Å²) in [7, 11) is -0.885. The van der Waals surface area contributed by atoms with Gasteiger partial charge in [-0.2, -0.15) is 13.0 Å². The van der Waals surface area contributed by atoms with Crippen LogP contribution in [0.3, 0.4) is 0 Å². The molecule has 2 heterocycles. The van der Waals surface area contributed by atoms with Crippen molar-refractivity contribution in [3.8, 4) is 5.75 Å². The summed E-state index contributed by atoms with van der Waals surface area (Å²) in [5.74, 6) is 0.545. The maximum atomic E-state index is 11.4. The van der Waals surface area contributed by atoms with Gasteiger partial charge < -0.3 is 9.64 Å². The van der Waals surface area contributed by atoms with Crippen molar-refractivity contribution in [2.24, 2.45) is 0 Å². The van der Waals surface area contributed by atoms with E-state index in [1.165, 1.54) is 12.0 Å². The highest BCUT2D eigenvalue weighted by atomic mass is 32.2. The van der Waals surface area contributed by atoms with Crippen LogP contribution in [-0.4, -0.2) is 39.5 Å². The highest BCUT2D eigenvalue weighted by molar-refractivity contribution is 8.03. The monoisotopic (exact) mass is 577 g/mol. The number of benzene rings is 2. The fourth-order valence-corrected chi connectivity index (χ4v) is 7.13. The van der Waals surface area contributed by atoms with Gasteiger partial charge in [-0.15, -0.1) is 0 Å². The summed E-state index contributed by atoms with van der Waals surface area (Å²) >= 11 is 3.40. The number of aromatic nitrogens is 1. The van der Waals surface area contributed by atoms with Crippen molar-refractivity contribution >= 4 is 55.2 Å². The Hall–Kier alpha value is -2.41. The summed E-state index contributed by atoms with van der Waals surface area (Å²) in [5.41, 5.74) is 4.24. The first-order valence-electron chi connectivity index (χ1n) is 12.4. The number of anilines is 1. The van der Waals surface area contributed by atoms with Crippen LogP contribution in [0, 0.1) is 0 Å². The Morgan fingerprint density at radius 1 is 1.16 bits per heavy atom. The van der Waals surface area contributed by atoms with Crippen LogP contribution in [0.2, 0.25) is 0 Å². The molecule has 0 aliphatic carbocycles. The van der Waals surface area contributed by atoms with Gasteiger partial charge in [0.1, 0.15) is 17.1 Å². The molecule has 1 aliphatic rings. The van der Waals surface area contributed by atoms with E-state index in [0.29, 0.717) is 19.6 Å². The number of aryl methyl sites for hydroxylation is 1. The molecule has 0 saturated heterocycles. The molecule has 0 unspecified atom stereocenters. The molecule has 0 bridgehead atoms. The third-order valence-corrected chi connectivity index (χ3v) is 9.23. The first-order valence-corrected chi connectivity index (χ1v) is 15.6. The molecule has 0 saturated carbocycles. The molecule has 0 amide bonds. The molecule has 1 aliphatic heterocycles. The maximum absolute atomic E-state index is 11.4. The number of thioether (sulfide) groups is 1. The van der Waals surface area contributed by atoms with Gasteiger partial charge in [-0.1, -0.05) is 36.1 Å². The Morgan fingerprint density at radius 2 is 1.97 bits per heavy atom. The Morgan fingerprint density at radius 3 is 2.66 bits per heavy atom. The SMILES string of the molecule is CCC(=C/c1sc2ccc(COOC)cc2[n+]1CCCS(=O)(=O)O)/C=C1/Sc2ccc(OC)cc2N1CC. The van der Waals surface area contributed by atoms with Crippen LogP contribution < -0.4 is 14.2 Å². The second-order valence-corrected chi connectivity index (χ2v) is 12.4. The zero-order valence-corrected chi connectivity index (χ0v) is 24.4. The molecule has 0 radical (unpaired) electrons. The highest BCUT2D eigenvalue weighted by Gasteiger charge is 2.25. The van der Waals surface area contributed by atoms with Crippen molar-refractivity contribution in [3.63, 3.8) is 0 Å². The number of thiazole rings is 1. The second kappa shape index (κ2) is 12.6. The summed E-state index contributed by atoms with van der Waals surface area (Å²) in [5, 5.41) is 2.17. The van der Waals surface area contributed by atoms with Gasteiger partial charge in [-0.3, -0.25) is 4.55 Å². The number of fused-ring (bicyclic) bond motifs is 2. The number of nitrogens with zero attached hydrogens (tertiary/aromatic N) is 2. The number of hydrogen-bond acceptors (Lipinski definition) is 8. The van der Waals surface area contributed by atoms with Gasteiger partial charge in [-0.05, 0) is 48.8 Å². The van der Waals surface area contributed by atoms with E-state index in [0.717, 1.165) is 55.8 Å². The van der Waals surface area contributed by atoms with Crippen molar-refractivity contribution in [3.05, 3.63) is 63.6 Å². The molecule has 8 nitrogen and oxygen atoms in total. The number of rotatable bonds is 12. The lowest BCUT2D eigenvalue weighted by molar-refractivity contribution is -0.668. The smallest absolute Gasteiger partial charge is 0.265 e. The average molecular weight is 578 g/mol. The van der Waals surface area contributed by atoms with Crippen molar-refractivity contribution < 1.29 is 32.0 Å². The number of allylic oxidation sites excluding steroid dienone is 2. The molecule has 38 heavy (non-hydrogen) atoms. The van der Waals surface area contributed by atoms with E-state index < -0.39 is 10.1 Å². The van der Waals surface area contributed by atoms with Crippen LogP contribution in [0.4, 0.5) is 5.69 Å². The second-order valence-electron chi connectivity index (χ2n) is 8.70. The minimum atomic E-state index is -4.04. The van der Waals surface area contributed by atoms with Crippen LogP contribution in [-0.2, 0) is 33.0 Å². The quantitative estimate of drug-likeness (QED) is 0.125. The van der Waals surface area contributed by atoms with E-state index in [1.54, 1.807) is 30.2 Å². The molecular weight excluding hydrogens is 545 g/mol. The number of ether oxygens (including phenoxy) is 1. The summed E-state index contributed by atoms with van der Waals surface area (Å²) in [6, 6.07) is 12.2. The summed E-state index contributed by atoms with van der Waals surface area (Å²) in [6.07, 6.45) is 5.53. The van der Waals surface area contributed by atoms with Gasteiger partial charge in [0.25, 0.3) is 15.1 Å². The van der Waals surface area contributed by atoms with Gasteiger partial charge in [0.15, 0.2) is 6.54 Å². The van der Waals surface area contributed by atoms with Crippen LogP contribution in [0.15, 0.2) is 58.0 Å². The zero-order valence-electron chi connectivity index (χ0n) is 22.0. The highest BCUT2D eigenvalue weighted by Crippen LogP contribution is 2.47. The fraction of sp³-hybridized carbons (Fsp3) is 0.370. The van der Waals surface area contributed by atoms with Gasteiger partial charge in [0, 0.05) is 36.1 Å². The predicted molar refractivity (Wildman–Crippen MR) is 153 cm³/mol. The molecule has 11 heteroatoms. The van der Waals surface area contributed by atoms with Crippen LogP contribution >= 0.6 is 23.1 Å². The standard InChI is InChI=1S/C27H32N2O6S3/c1-5-19(15-26-28(6-2)23-17-21(33-3)9-11-25(23)36-26)16-27-29(12-7-13-38(30,31)32)22-14-20(18-35-34-4)8-10-24(22)37-27/h8-11,14-17H,5-7,12-13,18H2,1-4H3/p+1. The fourth-order valence-electron chi connectivity index (χ4n) is 4.31. The molecule has 2 aromatic carbocycles. The molecular formula is C27H33N2O6S3+. The minimum Gasteiger partial charge on any atom is -0.497 e. The topological polar surface area (TPSA) is 89.2 Å².